The molecule has 1 amide bonds. The molecule has 0 unspecified atom stereocenters. The second kappa shape index (κ2) is 6.44. The van der Waals surface area contributed by atoms with E-state index in [-0.39, 0.29) is 18.4 Å². The van der Waals surface area contributed by atoms with E-state index in [2.05, 4.69) is 0 Å². The van der Waals surface area contributed by atoms with Crippen molar-refractivity contribution in [2.24, 2.45) is 5.73 Å². The van der Waals surface area contributed by atoms with Crippen molar-refractivity contribution < 1.29 is 22.7 Å². The molecule has 0 aromatic heterocycles. The van der Waals surface area contributed by atoms with Crippen molar-refractivity contribution in [1.29, 1.82) is 0 Å². The smallest absolute Gasteiger partial charge is 0.373 e. The number of benzene rings is 1. The zero-order valence-corrected chi connectivity index (χ0v) is 11.4. The quantitative estimate of drug-likeness (QED) is 0.919. The van der Waals surface area contributed by atoms with Gasteiger partial charge in [-0.25, -0.2) is 0 Å². The third-order valence-corrected chi connectivity index (χ3v) is 3.39. The first-order chi connectivity index (χ1) is 9.90. The van der Waals surface area contributed by atoms with E-state index in [4.69, 9.17) is 10.5 Å². The van der Waals surface area contributed by atoms with Gasteiger partial charge in [-0.1, -0.05) is 12.1 Å². The first-order valence-corrected chi connectivity index (χ1v) is 6.65. The maximum atomic E-state index is 12.5. The highest BCUT2D eigenvalue weighted by atomic mass is 19.4. The molecular weight excluding hydrogens is 285 g/mol. The minimum absolute atomic E-state index is 0.0788. The Bertz CT molecular complexity index is 488. The predicted molar refractivity (Wildman–Crippen MR) is 70.5 cm³/mol. The summed E-state index contributed by atoms with van der Waals surface area (Å²) < 4.78 is 42.7. The number of nitrogens with two attached hydrogens (primary N) is 1. The van der Waals surface area contributed by atoms with E-state index in [1.165, 1.54) is 12.1 Å². The van der Waals surface area contributed by atoms with Gasteiger partial charge in [0, 0.05) is 19.6 Å². The highest BCUT2D eigenvalue weighted by Crippen LogP contribution is 2.29. The summed E-state index contributed by atoms with van der Waals surface area (Å²) in [5.41, 5.74) is 5.35. The summed E-state index contributed by atoms with van der Waals surface area (Å²) in [6.07, 6.45) is -4.45. The van der Waals surface area contributed by atoms with Crippen molar-refractivity contribution in [2.75, 3.05) is 26.2 Å². The Morgan fingerprint density at radius 2 is 2.00 bits per heavy atom. The second-order valence-electron chi connectivity index (χ2n) is 4.94. The zero-order valence-electron chi connectivity index (χ0n) is 11.4. The standard InChI is InChI=1S/C14H17F3N2O2/c15-14(16,17)11-3-1-10(2-4-11)7-13(20)19-5-6-21-12(8-18)9-19/h1-4,12H,5-9,18H2/t12-/m1/s1. The lowest BCUT2D eigenvalue weighted by Crippen LogP contribution is -2.48. The van der Waals surface area contributed by atoms with Crippen LogP contribution in [0, 0.1) is 0 Å². The number of carbonyl (C=O) groups is 1. The summed E-state index contributed by atoms with van der Waals surface area (Å²) in [6, 6.07) is 4.65. The van der Waals surface area contributed by atoms with E-state index < -0.39 is 11.7 Å². The fourth-order valence-corrected chi connectivity index (χ4v) is 2.19. The van der Waals surface area contributed by atoms with Gasteiger partial charge in [0.05, 0.1) is 24.7 Å². The van der Waals surface area contributed by atoms with Crippen LogP contribution in [0.5, 0.6) is 0 Å². The van der Waals surface area contributed by atoms with E-state index in [1.807, 2.05) is 0 Å². The van der Waals surface area contributed by atoms with Gasteiger partial charge in [-0.05, 0) is 17.7 Å². The van der Waals surface area contributed by atoms with Crippen LogP contribution in [0.4, 0.5) is 13.2 Å². The fraction of sp³-hybridized carbons (Fsp3) is 0.500. The average Bonchev–Trinajstić information content (AvgIpc) is 2.47. The molecule has 21 heavy (non-hydrogen) atoms. The van der Waals surface area contributed by atoms with Crippen LogP contribution < -0.4 is 5.73 Å². The minimum Gasteiger partial charge on any atom is -0.373 e. The molecule has 1 fully saturated rings. The lowest BCUT2D eigenvalue weighted by molar-refractivity contribution is -0.137. The molecule has 1 aliphatic rings. The van der Waals surface area contributed by atoms with Gasteiger partial charge in [0.1, 0.15) is 0 Å². The molecule has 0 saturated carbocycles. The summed E-state index contributed by atoms with van der Waals surface area (Å²) in [7, 11) is 0. The lowest BCUT2D eigenvalue weighted by atomic mass is 10.1. The molecule has 4 nitrogen and oxygen atoms in total. The number of hydrogen-bond acceptors (Lipinski definition) is 3. The molecule has 0 spiro atoms. The van der Waals surface area contributed by atoms with Gasteiger partial charge in [0.15, 0.2) is 0 Å². The Morgan fingerprint density at radius 1 is 1.33 bits per heavy atom. The maximum Gasteiger partial charge on any atom is 0.416 e. The van der Waals surface area contributed by atoms with Gasteiger partial charge in [-0.2, -0.15) is 13.2 Å². The number of hydrogen-bond donors (Lipinski definition) is 1. The van der Waals surface area contributed by atoms with Crippen LogP contribution in [-0.2, 0) is 22.1 Å². The summed E-state index contributed by atoms with van der Waals surface area (Å²) in [4.78, 5) is 13.8. The molecular formula is C14H17F3N2O2. The Hall–Kier alpha value is -1.60. The van der Waals surface area contributed by atoms with Gasteiger partial charge >= 0.3 is 6.18 Å². The first-order valence-electron chi connectivity index (χ1n) is 6.65. The molecule has 2 rings (SSSR count). The van der Waals surface area contributed by atoms with E-state index in [9.17, 15) is 18.0 Å². The van der Waals surface area contributed by atoms with Crippen LogP contribution in [0.2, 0.25) is 0 Å². The Labute approximate surface area is 120 Å². The molecule has 1 aliphatic heterocycles. The van der Waals surface area contributed by atoms with Gasteiger partial charge in [-0.15, -0.1) is 0 Å². The summed E-state index contributed by atoms with van der Waals surface area (Å²) in [5.74, 6) is -0.128. The Balaban J connectivity index is 1.96. The van der Waals surface area contributed by atoms with Crippen LogP contribution in [0.3, 0.4) is 0 Å². The molecule has 0 aliphatic carbocycles. The van der Waals surface area contributed by atoms with Crippen molar-refractivity contribution in [1.82, 2.24) is 4.90 Å². The lowest BCUT2D eigenvalue weighted by Gasteiger charge is -2.32. The molecule has 1 saturated heterocycles. The molecule has 2 N–H and O–H groups in total. The van der Waals surface area contributed by atoms with Crippen LogP contribution in [0.15, 0.2) is 24.3 Å². The SMILES string of the molecule is NC[C@@H]1CN(C(=O)Cc2ccc(C(F)(F)F)cc2)CCO1. The average molecular weight is 302 g/mol. The number of nitrogens with zero attached hydrogens (tertiary/aromatic N) is 1. The van der Waals surface area contributed by atoms with Crippen LogP contribution in [-0.4, -0.2) is 43.2 Å². The van der Waals surface area contributed by atoms with Crippen molar-refractivity contribution >= 4 is 5.91 Å². The Morgan fingerprint density at radius 3 is 2.57 bits per heavy atom. The highest BCUT2D eigenvalue weighted by Gasteiger charge is 2.30. The van der Waals surface area contributed by atoms with Crippen LogP contribution in [0.1, 0.15) is 11.1 Å². The largest absolute Gasteiger partial charge is 0.416 e. The molecule has 1 atom stereocenters. The van der Waals surface area contributed by atoms with Crippen molar-refractivity contribution in [3.05, 3.63) is 35.4 Å². The third kappa shape index (κ3) is 4.18. The van der Waals surface area contributed by atoms with Crippen LogP contribution in [0.25, 0.3) is 0 Å². The number of halogens is 3. The zero-order chi connectivity index (χ0) is 15.5. The summed E-state index contributed by atoms with van der Waals surface area (Å²) in [6.45, 7) is 1.68. The monoisotopic (exact) mass is 302 g/mol. The van der Waals surface area contributed by atoms with Gasteiger partial charge in [-0.3, -0.25) is 4.79 Å². The molecule has 116 valence electrons. The number of alkyl halides is 3. The fourth-order valence-electron chi connectivity index (χ4n) is 2.19. The van der Waals surface area contributed by atoms with Crippen molar-refractivity contribution in [2.45, 2.75) is 18.7 Å². The molecule has 0 bridgehead atoms. The molecule has 1 aromatic rings. The van der Waals surface area contributed by atoms with E-state index in [0.29, 0.717) is 31.8 Å². The molecule has 7 heteroatoms. The highest BCUT2D eigenvalue weighted by molar-refractivity contribution is 5.78. The number of rotatable bonds is 3. The van der Waals surface area contributed by atoms with Crippen molar-refractivity contribution in [3.63, 3.8) is 0 Å². The Kier molecular flexibility index (Phi) is 4.84. The second-order valence-corrected chi connectivity index (χ2v) is 4.94. The van der Waals surface area contributed by atoms with Gasteiger partial charge in [0.2, 0.25) is 5.91 Å². The number of ether oxygens (including phenoxy) is 1. The number of carbonyl (C=O) groups excluding carboxylic acids is 1. The minimum atomic E-state index is -4.36. The van der Waals surface area contributed by atoms with Crippen molar-refractivity contribution in [3.8, 4) is 0 Å². The van der Waals surface area contributed by atoms with Gasteiger partial charge in [0.25, 0.3) is 0 Å². The molecule has 1 heterocycles. The van der Waals surface area contributed by atoms with E-state index in [1.54, 1.807) is 4.90 Å². The van der Waals surface area contributed by atoms with E-state index in [0.717, 1.165) is 12.1 Å². The molecule has 1 aromatic carbocycles. The maximum absolute atomic E-state index is 12.5. The molecule has 0 radical (unpaired) electrons. The van der Waals surface area contributed by atoms with Gasteiger partial charge < -0.3 is 15.4 Å². The number of amides is 1. The first kappa shape index (κ1) is 15.8. The van der Waals surface area contributed by atoms with Crippen LogP contribution >= 0.6 is 0 Å². The predicted octanol–water partition coefficient (Wildman–Crippen LogP) is 1.43. The third-order valence-electron chi connectivity index (χ3n) is 3.39. The number of morpholine rings is 1. The topological polar surface area (TPSA) is 55.6 Å². The summed E-state index contributed by atoms with van der Waals surface area (Å²) >= 11 is 0. The normalized spacial score (nSPS) is 19.6. The summed E-state index contributed by atoms with van der Waals surface area (Å²) in [5, 5.41) is 0. The van der Waals surface area contributed by atoms with E-state index >= 15 is 0 Å².